The molecule has 0 aromatic heterocycles. The average Bonchev–Trinajstić information content (AvgIpc) is 2.20. The van der Waals surface area contributed by atoms with Crippen LogP contribution < -0.4 is 4.74 Å². The molecule has 0 spiro atoms. The Kier molecular flexibility index (Phi) is 4.35. The summed E-state index contributed by atoms with van der Waals surface area (Å²) in [6.07, 6.45) is 1.85. The maximum absolute atomic E-state index is 10.8. The van der Waals surface area contributed by atoms with E-state index in [9.17, 15) is 4.79 Å². The smallest absolute Gasteiger partial charge is 0.153 e. The van der Waals surface area contributed by atoms with Gasteiger partial charge >= 0.3 is 0 Å². The van der Waals surface area contributed by atoms with Crippen molar-refractivity contribution in [2.45, 2.75) is 27.2 Å². The minimum atomic E-state index is 0.619. The van der Waals surface area contributed by atoms with Crippen LogP contribution in [0.15, 0.2) is 18.2 Å². The molecular formula is C13H18O2. The maximum Gasteiger partial charge on any atom is 0.153 e. The quantitative estimate of drug-likeness (QED) is 0.691. The molecule has 0 radical (unpaired) electrons. The van der Waals surface area contributed by atoms with Gasteiger partial charge in [0.25, 0.3) is 0 Å². The van der Waals surface area contributed by atoms with E-state index in [0.717, 1.165) is 24.0 Å². The van der Waals surface area contributed by atoms with Gasteiger partial charge in [-0.05, 0) is 30.9 Å². The fourth-order valence-corrected chi connectivity index (χ4v) is 1.36. The van der Waals surface area contributed by atoms with E-state index in [2.05, 4.69) is 13.8 Å². The van der Waals surface area contributed by atoms with Gasteiger partial charge in [-0.1, -0.05) is 26.0 Å². The van der Waals surface area contributed by atoms with Crippen molar-refractivity contribution in [1.29, 1.82) is 0 Å². The van der Waals surface area contributed by atoms with Gasteiger partial charge in [0.2, 0.25) is 0 Å². The monoisotopic (exact) mass is 206 g/mol. The summed E-state index contributed by atoms with van der Waals surface area (Å²) in [4.78, 5) is 10.8. The molecule has 0 atom stereocenters. The van der Waals surface area contributed by atoms with E-state index in [-0.39, 0.29) is 0 Å². The number of carbonyl (C=O) groups excluding carboxylic acids is 1. The first-order chi connectivity index (χ1) is 7.15. The van der Waals surface area contributed by atoms with E-state index < -0.39 is 0 Å². The number of aldehydes is 1. The van der Waals surface area contributed by atoms with E-state index >= 15 is 0 Å². The second-order valence-electron chi connectivity index (χ2n) is 4.14. The lowest BCUT2D eigenvalue weighted by molar-refractivity contribution is 0.111. The Morgan fingerprint density at radius 1 is 1.40 bits per heavy atom. The molecule has 0 unspecified atom stereocenters. The molecule has 0 N–H and O–H groups in total. The number of hydrogen-bond acceptors (Lipinski definition) is 2. The first kappa shape index (κ1) is 11.8. The highest BCUT2D eigenvalue weighted by molar-refractivity contribution is 5.80. The van der Waals surface area contributed by atoms with Gasteiger partial charge in [-0.25, -0.2) is 0 Å². The molecular weight excluding hydrogens is 188 g/mol. The molecule has 0 heterocycles. The molecule has 0 saturated carbocycles. The lowest BCUT2D eigenvalue weighted by Crippen LogP contribution is -2.04. The van der Waals surface area contributed by atoms with Gasteiger partial charge in [0.15, 0.2) is 6.29 Å². The number of benzene rings is 1. The normalized spacial score (nSPS) is 10.4. The fourth-order valence-electron chi connectivity index (χ4n) is 1.36. The molecule has 0 aliphatic heterocycles. The van der Waals surface area contributed by atoms with Crippen LogP contribution in [0, 0.1) is 12.8 Å². The third-order valence-corrected chi connectivity index (χ3v) is 2.31. The summed E-state index contributed by atoms with van der Waals surface area (Å²) >= 11 is 0. The first-order valence-corrected chi connectivity index (χ1v) is 5.32. The van der Waals surface area contributed by atoms with Crippen molar-refractivity contribution >= 4 is 6.29 Å². The average molecular weight is 206 g/mol. The summed E-state index contributed by atoms with van der Waals surface area (Å²) in [5, 5.41) is 0. The van der Waals surface area contributed by atoms with Crippen molar-refractivity contribution in [3.63, 3.8) is 0 Å². The van der Waals surface area contributed by atoms with Gasteiger partial charge in [-0.15, -0.1) is 0 Å². The second kappa shape index (κ2) is 5.54. The molecule has 0 fully saturated rings. The van der Waals surface area contributed by atoms with Gasteiger partial charge < -0.3 is 4.74 Å². The van der Waals surface area contributed by atoms with Crippen LogP contribution in [0.4, 0.5) is 0 Å². The second-order valence-corrected chi connectivity index (χ2v) is 4.14. The topological polar surface area (TPSA) is 26.3 Å². The maximum atomic E-state index is 10.8. The zero-order valence-electron chi connectivity index (χ0n) is 9.62. The van der Waals surface area contributed by atoms with Gasteiger partial charge in [-0.3, -0.25) is 4.79 Å². The SMILES string of the molecule is Cc1cccc(C=O)c1OCCC(C)C. The van der Waals surface area contributed by atoms with Crippen LogP contribution >= 0.6 is 0 Å². The Morgan fingerprint density at radius 2 is 2.13 bits per heavy atom. The van der Waals surface area contributed by atoms with E-state index in [1.807, 2.05) is 19.1 Å². The Hall–Kier alpha value is -1.31. The van der Waals surface area contributed by atoms with Crippen molar-refractivity contribution in [3.8, 4) is 5.75 Å². The summed E-state index contributed by atoms with van der Waals surface area (Å²) in [5.74, 6) is 1.35. The minimum Gasteiger partial charge on any atom is -0.493 e. The molecule has 15 heavy (non-hydrogen) atoms. The summed E-state index contributed by atoms with van der Waals surface area (Å²) in [6.45, 7) is 6.94. The summed E-state index contributed by atoms with van der Waals surface area (Å²) in [6, 6.07) is 5.61. The van der Waals surface area contributed by atoms with Crippen LogP contribution in [0.1, 0.15) is 36.2 Å². The minimum absolute atomic E-state index is 0.619. The molecule has 0 aliphatic carbocycles. The lowest BCUT2D eigenvalue weighted by Gasteiger charge is -2.12. The Balaban J connectivity index is 2.70. The summed E-state index contributed by atoms with van der Waals surface area (Å²) in [5.41, 5.74) is 1.65. The lowest BCUT2D eigenvalue weighted by atomic mass is 10.1. The van der Waals surface area contributed by atoms with Crippen molar-refractivity contribution < 1.29 is 9.53 Å². The third-order valence-electron chi connectivity index (χ3n) is 2.31. The van der Waals surface area contributed by atoms with Crippen LogP contribution in [-0.4, -0.2) is 12.9 Å². The van der Waals surface area contributed by atoms with Crippen molar-refractivity contribution in [3.05, 3.63) is 29.3 Å². The number of rotatable bonds is 5. The zero-order valence-corrected chi connectivity index (χ0v) is 9.62. The Morgan fingerprint density at radius 3 is 2.73 bits per heavy atom. The van der Waals surface area contributed by atoms with E-state index in [4.69, 9.17) is 4.74 Å². The summed E-state index contributed by atoms with van der Waals surface area (Å²) < 4.78 is 5.64. The standard InChI is InChI=1S/C13H18O2/c1-10(2)7-8-15-13-11(3)5-4-6-12(13)9-14/h4-6,9-10H,7-8H2,1-3H3. The van der Waals surface area contributed by atoms with Crippen molar-refractivity contribution in [2.75, 3.05) is 6.61 Å². The van der Waals surface area contributed by atoms with E-state index in [1.165, 1.54) is 0 Å². The third kappa shape index (κ3) is 3.39. The number of aryl methyl sites for hydroxylation is 1. The predicted octanol–water partition coefficient (Wildman–Crippen LogP) is 3.23. The number of para-hydroxylation sites is 1. The van der Waals surface area contributed by atoms with Gasteiger partial charge in [0.05, 0.1) is 12.2 Å². The highest BCUT2D eigenvalue weighted by atomic mass is 16.5. The largest absolute Gasteiger partial charge is 0.493 e. The molecule has 0 saturated heterocycles. The highest BCUT2D eigenvalue weighted by Gasteiger charge is 2.06. The highest BCUT2D eigenvalue weighted by Crippen LogP contribution is 2.22. The molecule has 1 aromatic rings. The van der Waals surface area contributed by atoms with E-state index in [1.54, 1.807) is 6.07 Å². The van der Waals surface area contributed by atoms with Crippen molar-refractivity contribution in [1.82, 2.24) is 0 Å². The molecule has 2 heteroatoms. The van der Waals surface area contributed by atoms with Crippen LogP contribution in [0.3, 0.4) is 0 Å². The number of hydrogen-bond donors (Lipinski definition) is 0. The molecule has 2 nitrogen and oxygen atoms in total. The Bertz CT molecular complexity index is 329. The molecule has 1 rings (SSSR count). The predicted molar refractivity (Wildman–Crippen MR) is 61.5 cm³/mol. The fraction of sp³-hybridized carbons (Fsp3) is 0.462. The van der Waals surface area contributed by atoms with Crippen LogP contribution in [0.25, 0.3) is 0 Å². The molecule has 0 bridgehead atoms. The summed E-state index contributed by atoms with van der Waals surface area (Å²) in [7, 11) is 0. The van der Waals surface area contributed by atoms with E-state index in [0.29, 0.717) is 18.1 Å². The molecule has 82 valence electrons. The number of ether oxygens (including phenoxy) is 1. The van der Waals surface area contributed by atoms with Crippen LogP contribution in [0.2, 0.25) is 0 Å². The first-order valence-electron chi connectivity index (χ1n) is 5.32. The zero-order chi connectivity index (χ0) is 11.3. The van der Waals surface area contributed by atoms with Crippen LogP contribution in [0.5, 0.6) is 5.75 Å². The van der Waals surface area contributed by atoms with Gasteiger partial charge in [0, 0.05) is 0 Å². The Labute approximate surface area is 91.3 Å². The van der Waals surface area contributed by atoms with Crippen molar-refractivity contribution in [2.24, 2.45) is 5.92 Å². The van der Waals surface area contributed by atoms with Gasteiger partial charge in [0.1, 0.15) is 5.75 Å². The van der Waals surface area contributed by atoms with Gasteiger partial charge in [-0.2, -0.15) is 0 Å². The molecule has 0 amide bonds. The molecule has 1 aromatic carbocycles. The molecule has 0 aliphatic rings. The number of carbonyl (C=O) groups is 1. The van der Waals surface area contributed by atoms with Crippen LogP contribution in [-0.2, 0) is 0 Å².